The van der Waals surface area contributed by atoms with Gasteiger partial charge < -0.3 is 10.1 Å². The molecule has 16 heavy (non-hydrogen) atoms. The lowest BCUT2D eigenvalue weighted by atomic mass is 9.98. The molecule has 96 valence electrons. The first-order valence-corrected chi connectivity index (χ1v) is 6.81. The van der Waals surface area contributed by atoms with E-state index in [1.807, 2.05) is 0 Å². The van der Waals surface area contributed by atoms with Crippen LogP contribution in [0.25, 0.3) is 0 Å². The largest absolute Gasteiger partial charge is 0.380 e. The fourth-order valence-electron chi connectivity index (χ4n) is 2.25. The van der Waals surface area contributed by atoms with Crippen molar-refractivity contribution in [3.8, 4) is 0 Å². The quantitative estimate of drug-likeness (QED) is 0.749. The second-order valence-electron chi connectivity index (χ2n) is 4.82. The van der Waals surface area contributed by atoms with Crippen molar-refractivity contribution in [3.63, 3.8) is 0 Å². The van der Waals surface area contributed by atoms with E-state index in [9.17, 15) is 0 Å². The summed E-state index contributed by atoms with van der Waals surface area (Å²) < 4.78 is 5.49. The second-order valence-corrected chi connectivity index (χ2v) is 4.82. The predicted octanol–water partition coefficient (Wildman–Crippen LogP) is 1.73. The van der Waals surface area contributed by atoms with Crippen molar-refractivity contribution < 1.29 is 4.74 Å². The number of likely N-dealkylation sites (N-methyl/N-ethyl adjacent to an activating group) is 1. The molecule has 0 aromatic carbocycles. The minimum absolute atomic E-state index is 0.632. The second kappa shape index (κ2) is 8.04. The molecule has 0 spiro atoms. The van der Waals surface area contributed by atoms with Gasteiger partial charge in [-0.1, -0.05) is 27.2 Å². The third-order valence-electron chi connectivity index (χ3n) is 3.57. The summed E-state index contributed by atoms with van der Waals surface area (Å²) in [6.45, 7) is 13.2. The van der Waals surface area contributed by atoms with Gasteiger partial charge in [0.1, 0.15) is 0 Å². The van der Waals surface area contributed by atoms with Gasteiger partial charge in [0.05, 0.1) is 6.61 Å². The molecule has 1 fully saturated rings. The summed E-state index contributed by atoms with van der Waals surface area (Å²) in [4.78, 5) is 2.55. The number of ether oxygens (including phenoxy) is 1. The van der Waals surface area contributed by atoms with E-state index in [-0.39, 0.29) is 0 Å². The lowest BCUT2D eigenvalue weighted by Crippen LogP contribution is -2.45. The van der Waals surface area contributed by atoms with Crippen molar-refractivity contribution in [2.45, 2.75) is 39.7 Å². The van der Waals surface area contributed by atoms with E-state index in [4.69, 9.17) is 4.74 Å². The molecule has 0 aromatic heterocycles. The first kappa shape index (κ1) is 13.9. The van der Waals surface area contributed by atoms with E-state index < -0.39 is 0 Å². The molecule has 0 bridgehead atoms. The Labute approximate surface area is 101 Å². The zero-order valence-electron chi connectivity index (χ0n) is 11.2. The molecule has 0 aromatic rings. The van der Waals surface area contributed by atoms with Crippen LogP contribution in [0.5, 0.6) is 0 Å². The van der Waals surface area contributed by atoms with Crippen LogP contribution in [0.4, 0.5) is 0 Å². The van der Waals surface area contributed by atoms with E-state index in [0.29, 0.717) is 6.04 Å². The maximum atomic E-state index is 5.49. The van der Waals surface area contributed by atoms with E-state index in [1.165, 1.54) is 25.9 Å². The number of nitrogens with one attached hydrogen (secondary N) is 1. The van der Waals surface area contributed by atoms with Crippen LogP contribution in [0.1, 0.15) is 33.6 Å². The van der Waals surface area contributed by atoms with Crippen molar-refractivity contribution in [1.82, 2.24) is 10.2 Å². The van der Waals surface area contributed by atoms with Crippen molar-refractivity contribution in [3.05, 3.63) is 0 Å². The molecule has 1 saturated heterocycles. The fourth-order valence-corrected chi connectivity index (χ4v) is 2.25. The Kier molecular flexibility index (Phi) is 7.01. The molecule has 3 heteroatoms. The SMILES string of the molecule is CCNC(CN1CCCOCC1)C(C)CC. The summed E-state index contributed by atoms with van der Waals surface area (Å²) in [5.74, 6) is 0.754. The average molecular weight is 228 g/mol. The molecule has 0 amide bonds. The van der Waals surface area contributed by atoms with Crippen molar-refractivity contribution in [2.24, 2.45) is 5.92 Å². The van der Waals surface area contributed by atoms with Crippen LogP contribution in [-0.2, 0) is 4.74 Å². The van der Waals surface area contributed by atoms with Crippen molar-refractivity contribution in [1.29, 1.82) is 0 Å². The topological polar surface area (TPSA) is 24.5 Å². The molecular formula is C13H28N2O. The van der Waals surface area contributed by atoms with Crippen LogP contribution in [0.15, 0.2) is 0 Å². The van der Waals surface area contributed by atoms with Crippen LogP contribution in [-0.4, -0.2) is 50.3 Å². The Morgan fingerprint density at radius 3 is 2.75 bits per heavy atom. The monoisotopic (exact) mass is 228 g/mol. The Hall–Kier alpha value is -0.120. The van der Waals surface area contributed by atoms with Crippen LogP contribution >= 0.6 is 0 Å². The Bertz CT molecular complexity index is 167. The summed E-state index contributed by atoms with van der Waals surface area (Å²) >= 11 is 0. The lowest BCUT2D eigenvalue weighted by Gasteiger charge is -2.30. The molecule has 1 heterocycles. The van der Waals surface area contributed by atoms with Gasteiger partial charge in [0.25, 0.3) is 0 Å². The van der Waals surface area contributed by atoms with Crippen LogP contribution in [0.2, 0.25) is 0 Å². The van der Waals surface area contributed by atoms with Crippen molar-refractivity contribution >= 4 is 0 Å². The fraction of sp³-hybridized carbons (Fsp3) is 1.00. The molecule has 0 saturated carbocycles. The van der Waals surface area contributed by atoms with E-state index >= 15 is 0 Å². The highest BCUT2D eigenvalue weighted by atomic mass is 16.5. The molecule has 1 N–H and O–H groups in total. The smallest absolute Gasteiger partial charge is 0.0593 e. The van der Waals surface area contributed by atoms with Gasteiger partial charge in [-0.25, -0.2) is 0 Å². The molecular weight excluding hydrogens is 200 g/mol. The third-order valence-corrected chi connectivity index (χ3v) is 3.57. The number of hydrogen-bond donors (Lipinski definition) is 1. The Balaban J connectivity index is 2.39. The average Bonchev–Trinajstić information content (AvgIpc) is 2.56. The number of rotatable bonds is 6. The highest BCUT2D eigenvalue weighted by Crippen LogP contribution is 2.10. The number of hydrogen-bond acceptors (Lipinski definition) is 3. The lowest BCUT2D eigenvalue weighted by molar-refractivity contribution is 0.137. The van der Waals surface area contributed by atoms with Crippen LogP contribution < -0.4 is 5.32 Å². The van der Waals surface area contributed by atoms with Gasteiger partial charge in [-0.05, 0) is 18.9 Å². The zero-order valence-corrected chi connectivity index (χ0v) is 11.2. The summed E-state index contributed by atoms with van der Waals surface area (Å²) in [6.07, 6.45) is 2.43. The summed E-state index contributed by atoms with van der Waals surface area (Å²) in [7, 11) is 0. The predicted molar refractivity (Wildman–Crippen MR) is 68.8 cm³/mol. The van der Waals surface area contributed by atoms with Crippen LogP contribution in [0, 0.1) is 5.92 Å². The van der Waals surface area contributed by atoms with Gasteiger partial charge in [0.15, 0.2) is 0 Å². The first-order valence-electron chi connectivity index (χ1n) is 6.81. The van der Waals surface area contributed by atoms with Crippen molar-refractivity contribution in [2.75, 3.05) is 39.4 Å². The molecule has 1 aliphatic heterocycles. The maximum absolute atomic E-state index is 5.49. The molecule has 1 aliphatic rings. The van der Waals surface area contributed by atoms with Crippen LogP contribution in [0.3, 0.4) is 0 Å². The first-order chi connectivity index (χ1) is 7.77. The molecule has 0 radical (unpaired) electrons. The maximum Gasteiger partial charge on any atom is 0.0593 e. The highest BCUT2D eigenvalue weighted by molar-refractivity contribution is 4.77. The normalized spacial score (nSPS) is 22.7. The van der Waals surface area contributed by atoms with Gasteiger partial charge in [0, 0.05) is 32.3 Å². The minimum Gasteiger partial charge on any atom is -0.380 e. The summed E-state index contributed by atoms with van der Waals surface area (Å²) in [5, 5.41) is 3.62. The minimum atomic E-state index is 0.632. The Morgan fingerprint density at radius 2 is 2.06 bits per heavy atom. The van der Waals surface area contributed by atoms with Gasteiger partial charge in [-0.15, -0.1) is 0 Å². The molecule has 1 rings (SSSR count). The Morgan fingerprint density at radius 1 is 1.25 bits per heavy atom. The summed E-state index contributed by atoms with van der Waals surface area (Å²) in [5.41, 5.74) is 0. The molecule has 2 unspecified atom stereocenters. The van der Waals surface area contributed by atoms with Gasteiger partial charge in [-0.3, -0.25) is 4.90 Å². The molecule has 0 aliphatic carbocycles. The van der Waals surface area contributed by atoms with E-state index in [2.05, 4.69) is 31.0 Å². The van der Waals surface area contributed by atoms with Gasteiger partial charge in [0.2, 0.25) is 0 Å². The van der Waals surface area contributed by atoms with Gasteiger partial charge in [-0.2, -0.15) is 0 Å². The van der Waals surface area contributed by atoms with Gasteiger partial charge >= 0.3 is 0 Å². The summed E-state index contributed by atoms with van der Waals surface area (Å²) in [6, 6.07) is 0.632. The zero-order chi connectivity index (χ0) is 11.8. The van der Waals surface area contributed by atoms with E-state index in [0.717, 1.165) is 32.2 Å². The number of nitrogens with zero attached hydrogens (tertiary/aromatic N) is 1. The van der Waals surface area contributed by atoms with E-state index in [1.54, 1.807) is 0 Å². The molecule has 3 nitrogen and oxygen atoms in total. The third kappa shape index (κ3) is 4.81. The highest BCUT2D eigenvalue weighted by Gasteiger charge is 2.19. The molecule has 2 atom stereocenters. The standard InChI is InChI=1S/C13H28N2O/c1-4-12(3)13(14-5-2)11-15-7-6-9-16-10-8-15/h12-14H,4-11H2,1-3H3.